The van der Waals surface area contributed by atoms with E-state index in [1.807, 2.05) is 24.3 Å². The highest BCUT2D eigenvalue weighted by Crippen LogP contribution is 2.35. The van der Waals surface area contributed by atoms with Gasteiger partial charge in [-0.05, 0) is 61.5 Å². The lowest BCUT2D eigenvalue weighted by Gasteiger charge is -2.44. The molecular weight excluding hydrogens is 314 g/mol. The lowest BCUT2D eigenvalue weighted by Crippen LogP contribution is -2.47. The standard InChI is InChI=1S/C20H21N3O2/c24-19(10-16-11-23-6-3-13(16)4-7-23)20-17-9-14(15-5-8-25-12-15)1-2-18(17)21-22-20/h1-2,5,8-9,12-13,16H,3-4,6-7,10-11H2,(H,21,22)/t16-/m0/s1. The zero-order valence-electron chi connectivity index (χ0n) is 14.1. The van der Waals surface area contributed by atoms with Crippen molar-refractivity contribution >= 4 is 16.7 Å². The molecule has 25 heavy (non-hydrogen) atoms. The molecule has 1 aromatic carbocycles. The summed E-state index contributed by atoms with van der Waals surface area (Å²) < 4.78 is 5.17. The Kier molecular flexibility index (Phi) is 3.48. The van der Waals surface area contributed by atoms with Crippen molar-refractivity contribution in [1.29, 1.82) is 0 Å². The number of aromatic nitrogens is 2. The van der Waals surface area contributed by atoms with Crippen LogP contribution in [-0.2, 0) is 0 Å². The highest BCUT2D eigenvalue weighted by Gasteiger charge is 2.35. The van der Waals surface area contributed by atoms with E-state index in [4.69, 9.17) is 4.42 Å². The maximum Gasteiger partial charge on any atom is 0.184 e. The van der Waals surface area contributed by atoms with Gasteiger partial charge in [-0.3, -0.25) is 9.89 Å². The van der Waals surface area contributed by atoms with Crippen LogP contribution in [0.2, 0.25) is 0 Å². The fourth-order valence-electron chi connectivity index (χ4n) is 4.49. The van der Waals surface area contributed by atoms with Crippen molar-refractivity contribution in [1.82, 2.24) is 15.1 Å². The Morgan fingerprint density at radius 3 is 2.84 bits per heavy atom. The molecule has 0 amide bonds. The van der Waals surface area contributed by atoms with Crippen molar-refractivity contribution in [3.8, 4) is 11.1 Å². The molecule has 5 heterocycles. The number of nitrogens with zero attached hydrogens (tertiary/aromatic N) is 2. The summed E-state index contributed by atoms with van der Waals surface area (Å²) in [6.07, 6.45) is 6.47. The number of hydrogen-bond donors (Lipinski definition) is 1. The maximum absolute atomic E-state index is 12.9. The van der Waals surface area contributed by atoms with Gasteiger partial charge < -0.3 is 9.32 Å². The van der Waals surface area contributed by atoms with Crippen LogP contribution in [0, 0.1) is 11.8 Å². The summed E-state index contributed by atoms with van der Waals surface area (Å²) in [5.74, 6) is 1.36. The summed E-state index contributed by atoms with van der Waals surface area (Å²) in [6, 6.07) is 7.96. The zero-order valence-corrected chi connectivity index (χ0v) is 14.1. The minimum atomic E-state index is 0.161. The Labute approximate surface area is 146 Å². The van der Waals surface area contributed by atoms with Gasteiger partial charge in [0.25, 0.3) is 0 Å². The molecule has 3 fully saturated rings. The number of hydrogen-bond acceptors (Lipinski definition) is 4. The smallest absolute Gasteiger partial charge is 0.184 e. The third-order valence-corrected chi connectivity index (χ3v) is 5.92. The normalized spacial score (nSPS) is 25.5. The molecule has 0 unspecified atom stereocenters. The number of fused-ring (bicyclic) bond motifs is 4. The first-order valence-electron chi connectivity index (χ1n) is 9.04. The number of carbonyl (C=O) groups excluding carboxylic acids is 1. The molecule has 0 spiro atoms. The first kappa shape index (κ1) is 14.9. The monoisotopic (exact) mass is 335 g/mol. The van der Waals surface area contributed by atoms with Crippen LogP contribution in [0.5, 0.6) is 0 Å². The first-order valence-corrected chi connectivity index (χ1v) is 9.04. The maximum atomic E-state index is 12.9. The molecule has 1 N–H and O–H groups in total. The van der Waals surface area contributed by atoms with Crippen molar-refractivity contribution in [3.05, 3.63) is 42.5 Å². The highest BCUT2D eigenvalue weighted by atomic mass is 16.3. The Bertz CT molecular complexity index is 904. The SMILES string of the molecule is O=C(C[C@H]1CN2CCC1CC2)c1n[nH]c2ccc(-c3ccoc3)cc12. The van der Waals surface area contributed by atoms with Gasteiger partial charge in [0, 0.05) is 23.9 Å². The molecule has 0 aliphatic carbocycles. The Morgan fingerprint density at radius 2 is 2.12 bits per heavy atom. The second kappa shape index (κ2) is 5.85. The Hall–Kier alpha value is -2.40. The van der Waals surface area contributed by atoms with Crippen LogP contribution in [0.4, 0.5) is 0 Å². The molecule has 3 aromatic rings. The molecule has 128 valence electrons. The zero-order chi connectivity index (χ0) is 16.8. The van der Waals surface area contributed by atoms with Crippen LogP contribution in [0.25, 0.3) is 22.0 Å². The number of piperidine rings is 3. The molecule has 5 nitrogen and oxygen atoms in total. The molecule has 2 aromatic heterocycles. The molecule has 0 saturated carbocycles. The lowest BCUT2D eigenvalue weighted by atomic mass is 9.76. The van der Waals surface area contributed by atoms with Crippen molar-refractivity contribution in [2.24, 2.45) is 11.8 Å². The number of ketones is 1. The highest BCUT2D eigenvalue weighted by molar-refractivity contribution is 6.06. The van der Waals surface area contributed by atoms with Gasteiger partial charge in [0.1, 0.15) is 5.69 Å². The summed E-state index contributed by atoms with van der Waals surface area (Å²) in [7, 11) is 0. The lowest BCUT2D eigenvalue weighted by molar-refractivity contribution is 0.0440. The third kappa shape index (κ3) is 2.59. The van der Waals surface area contributed by atoms with Crippen molar-refractivity contribution in [2.75, 3.05) is 19.6 Å². The number of nitrogens with one attached hydrogen (secondary N) is 1. The van der Waals surface area contributed by atoms with Gasteiger partial charge in [-0.2, -0.15) is 5.10 Å². The molecule has 5 heteroatoms. The van der Waals surface area contributed by atoms with Gasteiger partial charge in [-0.25, -0.2) is 0 Å². The van der Waals surface area contributed by atoms with Crippen LogP contribution in [-0.4, -0.2) is 40.5 Å². The van der Waals surface area contributed by atoms with Crippen LogP contribution in [0.15, 0.2) is 41.2 Å². The number of benzene rings is 1. The van der Waals surface area contributed by atoms with Crippen molar-refractivity contribution in [3.63, 3.8) is 0 Å². The summed E-state index contributed by atoms with van der Waals surface area (Å²) in [5.41, 5.74) is 3.54. The van der Waals surface area contributed by atoms with Crippen LogP contribution in [0.3, 0.4) is 0 Å². The van der Waals surface area contributed by atoms with Gasteiger partial charge >= 0.3 is 0 Å². The molecule has 0 radical (unpaired) electrons. The second-order valence-corrected chi connectivity index (χ2v) is 7.37. The van der Waals surface area contributed by atoms with Gasteiger partial charge in [-0.1, -0.05) is 6.07 Å². The number of H-pyrrole nitrogens is 1. The molecular formula is C20H21N3O2. The summed E-state index contributed by atoms with van der Waals surface area (Å²) in [4.78, 5) is 15.4. The average molecular weight is 335 g/mol. The molecule has 6 rings (SSSR count). The van der Waals surface area contributed by atoms with E-state index in [0.29, 0.717) is 24.0 Å². The van der Waals surface area contributed by atoms with E-state index in [9.17, 15) is 4.79 Å². The Balaban J connectivity index is 1.44. The first-order chi connectivity index (χ1) is 12.3. The summed E-state index contributed by atoms with van der Waals surface area (Å²) in [6.45, 7) is 3.47. The van der Waals surface area contributed by atoms with Crippen LogP contribution < -0.4 is 0 Å². The van der Waals surface area contributed by atoms with E-state index < -0.39 is 0 Å². The number of carbonyl (C=O) groups is 1. The fraction of sp³-hybridized carbons (Fsp3) is 0.400. The minimum absolute atomic E-state index is 0.161. The van der Waals surface area contributed by atoms with Gasteiger partial charge in [0.05, 0.1) is 18.0 Å². The molecule has 3 aliphatic heterocycles. The predicted octanol–water partition coefficient (Wildman–Crippen LogP) is 3.74. The van der Waals surface area contributed by atoms with Crippen molar-refractivity contribution < 1.29 is 9.21 Å². The second-order valence-electron chi connectivity index (χ2n) is 7.37. The molecule has 2 bridgehead atoms. The summed E-state index contributed by atoms with van der Waals surface area (Å²) >= 11 is 0. The fourth-order valence-corrected chi connectivity index (χ4v) is 4.49. The van der Waals surface area contributed by atoms with E-state index >= 15 is 0 Å². The third-order valence-electron chi connectivity index (χ3n) is 5.92. The van der Waals surface area contributed by atoms with E-state index in [1.54, 1.807) is 12.5 Å². The largest absolute Gasteiger partial charge is 0.472 e. The molecule has 1 atom stereocenters. The average Bonchev–Trinajstić information content (AvgIpc) is 3.32. The van der Waals surface area contributed by atoms with Gasteiger partial charge in [0.15, 0.2) is 5.78 Å². The van der Waals surface area contributed by atoms with E-state index in [-0.39, 0.29) is 5.78 Å². The molecule has 3 saturated heterocycles. The van der Waals surface area contributed by atoms with E-state index in [2.05, 4.69) is 15.1 Å². The number of furan rings is 1. The quantitative estimate of drug-likeness (QED) is 0.738. The number of Topliss-reactive ketones (excluding diaryl/α,β-unsaturated/α-hetero) is 1. The minimum Gasteiger partial charge on any atom is -0.472 e. The predicted molar refractivity (Wildman–Crippen MR) is 95.4 cm³/mol. The van der Waals surface area contributed by atoms with E-state index in [1.165, 1.54) is 25.9 Å². The molecule has 3 aliphatic rings. The topological polar surface area (TPSA) is 62.1 Å². The Morgan fingerprint density at radius 1 is 1.24 bits per heavy atom. The number of aromatic amines is 1. The van der Waals surface area contributed by atoms with Crippen LogP contribution in [0.1, 0.15) is 29.8 Å². The summed E-state index contributed by atoms with van der Waals surface area (Å²) in [5, 5.41) is 8.25. The van der Waals surface area contributed by atoms with E-state index in [0.717, 1.165) is 28.6 Å². The van der Waals surface area contributed by atoms with Gasteiger partial charge in [-0.15, -0.1) is 0 Å². The van der Waals surface area contributed by atoms with Crippen molar-refractivity contribution in [2.45, 2.75) is 19.3 Å². The van der Waals surface area contributed by atoms with Crippen LogP contribution >= 0.6 is 0 Å². The van der Waals surface area contributed by atoms with Gasteiger partial charge in [0.2, 0.25) is 0 Å². The number of rotatable bonds is 4.